The zero-order valence-corrected chi connectivity index (χ0v) is 11.5. The third kappa shape index (κ3) is 3.50. The maximum Gasteiger partial charge on any atom is 0.253 e. The molecule has 0 radical (unpaired) electrons. The first-order valence-corrected chi connectivity index (χ1v) is 6.77. The summed E-state index contributed by atoms with van der Waals surface area (Å²) in [6.07, 6.45) is 3.56. The van der Waals surface area contributed by atoms with E-state index in [9.17, 15) is 4.79 Å². The van der Waals surface area contributed by atoms with E-state index in [1.807, 2.05) is 25.2 Å². The van der Waals surface area contributed by atoms with Crippen LogP contribution in [-0.2, 0) is 4.74 Å². The van der Waals surface area contributed by atoms with Gasteiger partial charge < -0.3 is 9.64 Å². The lowest BCUT2D eigenvalue weighted by Crippen LogP contribution is -2.37. The number of hydrogen-bond donors (Lipinski definition) is 1. The van der Waals surface area contributed by atoms with Crippen molar-refractivity contribution >= 4 is 18.5 Å². The Labute approximate surface area is 114 Å². The molecule has 0 saturated carbocycles. The SMILES string of the molecule is CN(CC1CCCCO1)C(=O)c1cccc(S)c1. The molecule has 1 aliphatic rings. The third-order valence-electron chi connectivity index (χ3n) is 3.19. The van der Waals surface area contributed by atoms with Crippen LogP contribution >= 0.6 is 12.6 Å². The summed E-state index contributed by atoms with van der Waals surface area (Å²) in [5, 5.41) is 0. The zero-order chi connectivity index (χ0) is 13.0. The number of benzene rings is 1. The van der Waals surface area contributed by atoms with Gasteiger partial charge in [0.2, 0.25) is 0 Å². The van der Waals surface area contributed by atoms with E-state index < -0.39 is 0 Å². The number of nitrogens with zero attached hydrogens (tertiary/aromatic N) is 1. The van der Waals surface area contributed by atoms with Crippen LogP contribution in [0.4, 0.5) is 0 Å². The molecule has 2 rings (SSSR count). The van der Waals surface area contributed by atoms with Gasteiger partial charge in [0, 0.05) is 30.7 Å². The number of likely N-dealkylation sites (N-methyl/N-ethyl adjacent to an activating group) is 1. The highest BCUT2D eigenvalue weighted by atomic mass is 32.1. The lowest BCUT2D eigenvalue weighted by Gasteiger charge is -2.27. The molecule has 0 N–H and O–H groups in total. The van der Waals surface area contributed by atoms with Crippen molar-refractivity contribution in [3.63, 3.8) is 0 Å². The van der Waals surface area contributed by atoms with Crippen LogP contribution in [0.15, 0.2) is 29.2 Å². The second kappa shape index (κ2) is 6.25. The lowest BCUT2D eigenvalue weighted by molar-refractivity contribution is -0.000191. The predicted octanol–water partition coefficient (Wildman–Crippen LogP) is 2.62. The van der Waals surface area contributed by atoms with Crippen LogP contribution < -0.4 is 0 Å². The Balaban J connectivity index is 1.95. The van der Waals surface area contributed by atoms with E-state index in [0.717, 1.165) is 24.3 Å². The molecular formula is C14H19NO2S. The first kappa shape index (κ1) is 13.4. The average molecular weight is 265 g/mol. The minimum atomic E-state index is 0.0278. The second-order valence-corrected chi connectivity index (χ2v) is 5.24. The summed E-state index contributed by atoms with van der Waals surface area (Å²) in [4.78, 5) is 14.8. The molecule has 0 aliphatic carbocycles. The van der Waals surface area contributed by atoms with E-state index in [2.05, 4.69) is 12.6 Å². The summed E-state index contributed by atoms with van der Waals surface area (Å²) in [5.41, 5.74) is 0.681. The zero-order valence-electron chi connectivity index (χ0n) is 10.6. The highest BCUT2D eigenvalue weighted by Gasteiger charge is 2.19. The normalized spacial score (nSPS) is 19.6. The Morgan fingerprint density at radius 2 is 2.33 bits per heavy atom. The summed E-state index contributed by atoms with van der Waals surface area (Å²) >= 11 is 4.25. The molecule has 1 amide bonds. The van der Waals surface area contributed by atoms with Crippen molar-refractivity contribution < 1.29 is 9.53 Å². The van der Waals surface area contributed by atoms with Crippen LogP contribution in [0.2, 0.25) is 0 Å². The Morgan fingerprint density at radius 3 is 3.00 bits per heavy atom. The van der Waals surface area contributed by atoms with Gasteiger partial charge in [-0.1, -0.05) is 6.07 Å². The Morgan fingerprint density at radius 1 is 1.50 bits per heavy atom. The maximum atomic E-state index is 12.2. The molecule has 0 aromatic heterocycles. The Hall–Kier alpha value is -1.00. The fourth-order valence-corrected chi connectivity index (χ4v) is 2.42. The number of thiol groups is 1. The van der Waals surface area contributed by atoms with Crippen LogP contribution in [-0.4, -0.2) is 37.1 Å². The number of carbonyl (C=O) groups excluding carboxylic acids is 1. The standard InChI is InChI=1S/C14H19NO2S/c1-15(10-12-6-2-3-8-17-12)14(16)11-5-4-7-13(18)9-11/h4-5,7,9,12,18H,2-3,6,8,10H2,1H3. The first-order chi connectivity index (χ1) is 8.66. The van der Waals surface area contributed by atoms with E-state index in [1.54, 1.807) is 11.0 Å². The van der Waals surface area contributed by atoms with Crippen LogP contribution in [0.25, 0.3) is 0 Å². The minimum absolute atomic E-state index is 0.0278. The van der Waals surface area contributed by atoms with Crippen LogP contribution in [0, 0.1) is 0 Å². The predicted molar refractivity (Wildman–Crippen MR) is 74.2 cm³/mol. The Bertz CT molecular complexity index is 416. The summed E-state index contributed by atoms with van der Waals surface area (Å²) in [7, 11) is 1.82. The first-order valence-electron chi connectivity index (χ1n) is 6.33. The van der Waals surface area contributed by atoms with Gasteiger partial charge in [0.25, 0.3) is 5.91 Å². The fourth-order valence-electron chi connectivity index (χ4n) is 2.20. The van der Waals surface area contributed by atoms with Gasteiger partial charge in [-0.15, -0.1) is 12.6 Å². The lowest BCUT2D eigenvalue weighted by atomic mass is 10.1. The largest absolute Gasteiger partial charge is 0.376 e. The van der Waals surface area contributed by atoms with E-state index in [1.165, 1.54) is 6.42 Å². The molecule has 0 spiro atoms. The van der Waals surface area contributed by atoms with E-state index in [0.29, 0.717) is 12.1 Å². The van der Waals surface area contributed by atoms with Gasteiger partial charge >= 0.3 is 0 Å². The van der Waals surface area contributed by atoms with Gasteiger partial charge in [0.05, 0.1) is 6.10 Å². The fraction of sp³-hybridized carbons (Fsp3) is 0.500. The van der Waals surface area contributed by atoms with Gasteiger partial charge in [-0.2, -0.15) is 0 Å². The number of ether oxygens (including phenoxy) is 1. The molecule has 1 saturated heterocycles. The molecule has 1 heterocycles. The number of rotatable bonds is 3. The van der Waals surface area contributed by atoms with E-state index in [4.69, 9.17) is 4.74 Å². The quantitative estimate of drug-likeness (QED) is 0.851. The molecule has 0 bridgehead atoms. The van der Waals surface area contributed by atoms with Crippen molar-refractivity contribution in [3.8, 4) is 0 Å². The molecule has 1 aromatic carbocycles. The molecule has 3 nitrogen and oxygen atoms in total. The number of hydrogen-bond acceptors (Lipinski definition) is 3. The monoisotopic (exact) mass is 265 g/mol. The molecule has 1 aliphatic heterocycles. The summed E-state index contributed by atoms with van der Waals surface area (Å²) in [6.45, 7) is 1.48. The maximum absolute atomic E-state index is 12.2. The average Bonchev–Trinajstić information content (AvgIpc) is 2.39. The summed E-state index contributed by atoms with van der Waals surface area (Å²) in [6, 6.07) is 7.33. The van der Waals surface area contributed by atoms with Crippen molar-refractivity contribution in [2.45, 2.75) is 30.3 Å². The molecule has 1 aromatic rings. The molecule has 1 atom stereocenters. The number of carbonyl (C=O) groups is 1. The van der Waals surface area contributed by atoms with Crippen molar-refractivity contribution in [3.05, 3.63) is 29.8 Å². The highest BCUT2D eigenvalue weighted by Crippen LogP contribution is 2.15. The molecule has 18 heavy (non-hydrogen) atoms. The van der Waals surface area contributed by atoms with Crippen LogP contribution in [0.5, 0.6) is 0 Å². The van der Waals surface area contributed by atoms with E-state index >= 15 is 0 Å². The topological polar surface area (TPSA) is 29.5 Å². The van der Waals surface area contributed by atoms with Gasteiger partial charge in [-0.25, -0.2) is 0 Å². The third-order valence-corrected chi connectivity index (χ3v) is 3.47. The van der Waals surface area contributed by atoms with Gasteiger partial charge in [-0.3, -0.25) is 4.79 Å². The van der Waals surface area contributed by atoms with Gasteiger partial charge in [-0.05, 0) is 37.5 Å². The highest BCUT2D eigenvalue weighted by molar-refractivity contribution is 7.80. The summed E-state index contributed by atoms with van der Waals surface area (Å²) < 4.78 is 5.65. The summed E-state index contributed by atoms with van der Waals surface area (Å²) in [5.74, 6) is 0.0278. The van der Waals surface area contributed by atoms with E-state index in [-0.39, 0.29) is 12.0 Å². The van der Waals surface area contributed by atoms with Crippen molar-refractivity contribution in [1.82, 2.24) is 4.90 Å². The van der Waals surface area contributed by atoms with Gasteiger partial charge in [0.1, 0.15) is 0 Å². The van der Waals surface area contributed by atoms with Crippen molar-refractivity contribution in [1.29, 1.82) is 0 Å². The number of amides is 1. The molecule has 98 valence electrons. The van der Waals surface area contributed by atoms with Crippen LogP contribution in [0.3, 0.4) is 0 Å². The molecule has 4 heteroatoms. The smallest absolute Gasteiger partial charge is 0.253 e. The molecule has 1 unspecified atom stereocenters. The second-order valence-electron chi connectivity index (χ2n) is 4.72. The molecular weight excluding hydrogens is 246 g/mol. The van der Waals surface area contributed by atoms with Crippen LogP contribution in [0.1, 0.15) is 29.6 Å². The van der Waals surface area contributed by atoms with Gasteiger partial charge in [0.15, 0.2) is 0 Å². The van der Waals surface area contributed by atoms with Crippen molar-refractivity contribution in [2.24, 2.45) is 0 Å². The molecule has 1 fully saturated rings. The Kier molecular flexibility index (Phi) is 4.66. The minimum Gasteiger partial charge on any atom is -0.376 e. The van der Waals surface area contributed by atoms with Crippen molar-refractivity contribution in [2.75, 3.05) is 20.2 Å².